The Balaban J connectivity index is 1.76. The molecule has 1 saturated heterocycles. The number of nitrogens with zero attached hydrogens (tertiary/aromatic N) is 1. The van der Waals surface area contributed by atoms with Crippen molar-refractivity contribution in [2.45, 2.75) is 39.0 Å². The second-order valence-electron chi connectivity index (χ2n) is 7.33. The van der Waals surface area contributed by atoms with Crippen molar-refractivity contribution in [2.24, 2.45) is 0 Å². The van der Waals surface area contributed by atoms with E-state index in [1.807, 2.05) is 39.0 Å². The Kier molecular flexibility index (Phi) is 3.87. The number of hydrogen-bond donors (Lipinski definition) is 1. The van der Waals surface area contributed by atoms with Crippen LogP contribution in [0.5, 0.6) is 5.75 Å². The summed E-state index contributed by atoms with van der Waals surface area (Å²) in [5.41, 5.74) is 3.51. The number of hydrogen-bond acceptors (Lipinski definition) is 4. The standard InChI is InChI=1S/C21H22N2O4/c1-12-5-7-15(9-13(12)2)23-20(25)22-17-11-21(23,3)27-18-8-6-14(10-16(17)18)19(24)26-4/h5-10,17H,11H2,1-4H3,(H,22,25)/t17-,21-/m1/s1. The van der Waals surface area contributed by atoms with E-state index in [-0.39, 0.29) is 12.1 Å². The lowest BCUT2D eigenvalue weighted by molar-refractivity contribution is 0.0377. The molecule has 2 heterocycles. The number of nitrogens with one attached hydrogen (secondary N) is 1. The first-order valence-electron chi connectivity index (χ1n) is 8.91. The number of carbonyl (C=O) groups is 2. The molecule has 0 radical (unpaired) electrons. The number of fused-ring (bicyclic) bond motifs is 4. The molecule has 2 aliphatic rings. The molecular weight excluding hydrogens is 344 g/mol. The summed E-state index contributed by atoms with van der Waals surface area (Å²) in [6, 6.07) is 10.7. The first-order chi connectivity index (χ1) is 12.8. The summed E-state index contributed by atoms with van der Waals surface area (Å²) >= 11 is 0. The fourth-order valence-corrected chi connectivity index (χ4v) is 3.87. The maximum Gasteiger partial charge on any atom is 0.337 e. The minimum absolute atomic E-state index is 0.217. The number of aryl methyl sites for hydroxylation is 2. The SMILES string of the molecule is COC(=O)c1ccc2c(c1)[C@H]1C[C@@](C)(O2)N(c2ccc(C)c(C)c2)C(=O)N1. The minimum atomic E-state index is -0.811. The molecule has 2 aliphatic heterocycles. The highest BCUT2D eigenvalue weighted by Crippen LogP contribution is 2.46. The van der Waals surface area contributed by atoms with E-state index >= 15 is 0 Å². The second kappa shape index (κ2) is 6.01. The topological polar surface area (TPSA) is 67.9 Å². The second-order valence-corrected chi connectivity index (χ2v) is 7.33. The number of benzene rings is 2. The number of rotatable bonds is 2. The van der Waals surface area contributed by atoms with Gasteiger partial charge < -0.3 is 14.8 Å². The molecule has 27 heavy (non-hydrogen) atoms. The summed E-state index contributed by atoms with van der Waals surface area (Å²) < 4.78 is 11.1. The van der Waals surface area contributed by atoms with Gasteiger partial charge in [-0.3, -0.25) is 4.90 Å². The monoisotopic (exact) mass is 366 g/mol. The molecular formula is C21H22N2O4. The maximum atomic E-state index is 12.9. The first kappa shape index (κ1) is 17.4. The fraction of sp³-hybridized carbons (Fsp3) is 0.333. The van der Waals surface area contributed by atoms with Gasteiger partial charge in [-0.2, -0.15) is 0 Å². The van der Waals surface area contributed by atoms with Crippen LogP contribution in [0.15, 0.2) is 36.4 Å². The summed E-state index contributed by atoms with van der Waals surface area (Å²) in [6.45, 7) is 5.99. The summed E-state index contributed by atoms with van der Waals surface area (Å²) in [5, 5.41) is 3.05. The van der Waals surface area contributed by atoms with Gasteiger partial charge in [0.15, 0.2) is 5.72 Å². The van der Waals surface area contributed by atoms with Gasteiger partial charge in [0.05, 0.1) is 18.7 Å². The van der Waals surface area contributed by atoms with Crippen LogP contribution in [0.25, 0.3) is 0 Å². The highest BCUT2D eigenvalue weighted by atomic mass is 16.5. The average molecular weight is 366 g/mol. The van der Waals surface area contributed by atoms with Crippen molar-refractivity contribution in [2.75, 3.05) is 12.0 Å². The largest absolute Gasteiger partial charge is 0.467 e. The van der Waals surface area contributed by atoms with Gasteiger partial charge in [-0.25, -0.2) is 9.59 Å². The molecule has 0 spiro atoms. The molecule has 2 atom stereocenters. The molecule has 0 aliphatic carbocycles. The van der Waals surface area contributed by atoms with E-state index in [0.29, 0.717) is 17.7 Å². The minimum Gasteiger partial charge on any atom is -0.467 e. The lowest BCUT2D eigenvalue weighted by Gasteiger charge is -2.50. The van der Waals surface area contributed by atoms with Crippen LogP contribution in [-0.2, 0) is 4.74 Å². The van der Waals surface area contributed by atoms with Crippen molar-refractivity contribution < 1.29 is 19.1 Å². The Morgan fingerprint density at radius 1 is 1.22 bits per heavy atom. The molecule has 6 nitrogen and oxygen atoms in total. The third-order valence-corrected chi connectivity index (χ3v) is 5.44. The van der Waals surface area contributed by atoms with Crippen LogP contribution in [0.4, 0.5) is 10.5 Å². The van der Waals surface area contributed by atoms with Crippen LogP contribution >= 0.6 is 0 Å². The van der Waals surface area contributed by atoms with E-state index in [1.54, 1.807) is 23.1 Å². The number of ether oxygens (including phenoxy) is 2. The van der Waals surface area contributed by atoms with E-state index < -0.39 is 11.7 Å². The summed E-state index contributed by atoms with van der Waals surface area (Å²) in [5.74, 6) is 0.250. The molecule has 140 valence electrons. The van der Waals surface area contributed by atoms with E-state index in [4.69, 9.17) is 9.47 Å². The van der Waals surface area contributed by atoms with Crippen LogP contribution in [0.1, 0.15) is 46.4 Å². The van der Waals surface area contributed by atoms with Crippen LogP contribution in [0.2, 0.25) is 0 Å². The Morgan fingerprint density at radius 3 is 2.70 bits per heavy atom. The van der Waals surface area contributed by atoms with Crippen molar-refractivity contribution in [1.82, 2.24) is 5.32 Å². The van der Waals surface area contributed by atoms with Crippen molar-refractivity contribution in [3.63, 3.8) is 0 Å². The Bertz CT molecular complexity index is 955. The third kappa shape index (κ3) is 2.72. The van der Waals surface area contributed by atoms with Gasteiger partial charge in [0.1, 0.15) is 5.75 Å². The molecule has 2 amide bonds. The lowest BCUT2D eigenvalue weighted by Crippen LogP contribution is -2.65. The maximum absolute atomic E-state index is 12.9. The molecule has 6 heteroatoms. The zero-order chi connectivity index (χ0) is 19.3. The predicted molar refractivity (Wildman–Crippen MR) is 101 cm³/mol. The third-order valence-electron chi connectivity index (χ3n) is 5.44. The smallest absolute Gasteiger partial charge is 0.337 e. The van der Waals surface area contributed by atoms with Gasteiger partial charge in [-0.05, 0) is 62.2 Å². The Morgan fingerprint density at radius 2 is 2.00 bits per heavy atom. The molecule has 2 aromatic rings. The molecule has 1 fully saturated rings. The molecule has 4 rings (SSSR count). The zero-order valence-electron chi connectivity index (χ0n) is 15.8. The Hall–Kier alpha value is -3.02. The van der Waals surface area contributed by atoms with Gasteiger partial charge >= 0.3 is 12.0 Å². The number of esters is 1. The first-order valence-corrected chi connectivity index (χ1v) is 8.91. The molecule has 2 bridgehead atoms. The van der Waals surface area contributed by atoms with Crippen LogP contribution < -0.4 is 15.0 Å². The summed E-state index contributed by atoms with van der Waals surface area (Å²) in [7, 11) is 1.35. The van der Waals surface area contributed by atoms with Crippen molar-refractivity contribution >= 4 is 17.7 Å². The number of anilines is 1. The summed E-state index contributed by atoms with van der Waals surface area (Å²) in [6.07, 6.45) is 0.573. The molecule has 0 saturated carbocycles. The summed E-state index contributed by atoms with van der Waals surface area (Å²) in [4.78, 5) is 26.4. The van der Waals surface area contributed by atoms with Crippen LogP contribution in [0.3, 0.4) is 0 Å². The predicted octanol–water partition coefficient (Wildman–Crippen LogP) is 3.86. The quantitative estimate of drug-likeness (QED) is 0.820. The van der Waals surface area contributed by atoms with Crippen LogP contribution in [-0.4, -0.2) is 24.8 Å². The number of amides is 2. The van der Waals surface area contributed by atoms with Crippen molar-refractivity contribution in [1.29, 1.82) is 0 Å². The van der Waals surface area contributed by atoms with Crippen LogP contribution in [0, 0.1) is 13.8 Å². The molecule has 1 N–H and O–H groups in total. The highest BCUT2D eigenvalue weighted by Gasteiger charge is 2.50. The van der Waals surface area contributed by atoms with Gasteiger partial charge in [0, 0.05) is 17.7 Å². The fourth-order valence-electron chi connectivity index (χ4n) is 3.87. The zero-order valence-corrected chi connectivity index (χ0v) is 15.8. The lowest BCUT2D eigenvalue weighted by atomic mass is 9.89. The van der Waals surface area contributed by atoms with Gasteiger partial charge in [0.2, 0.25) is 0 Å². The molecule has 2 aromatic carbocycles. The van der Waals surface area contributed by atoms with E-state index in [9.17, 15) is 9.59 Å². The normalized spacial score (nSPS) is 23.2. The number of urea groups is 1. The highest BCUT2D eigenvalue weighted by molar-refractivity contribution is 5.95. The van der Waals surface area contributed by atoms with Gasteiger partial charge in [0.25, 0.3) is 0 Å². The van der Waals surface area contributed by atoms with Gasteiger partial charge in [-0.1, -0.05) is 6.07 Å². The van der Waals surface area contributed by atoms with E-state index in [0.717, 1.165) is 16.8 Å². The number of carbonyl (C=O) groups excluding carboxylic acids is 2. The Labute approximate surface area is 158 Å². The number of methoxy groups -OCH3 is 1. The molecule has 0 aromatic heterocycles. The van der Waals surface area contributed by atoms with Crippen molar-refractivity contribution in [3.05, 3.63) is 58.7 Å². The van der Waals surface area contributed by atoms with Crippen molar-refractivity contribution in [3.8, 4) is 5.75 Å². The average Bonchev–Trinajstić information content (AvgIpc) is 2.63. The van der Waals surface area contributed by atoms with Gasteiger partial charge in [-0.15, -0.1) is 0 Å². The molecule has 0 unspecified atom stereocenters. The van der Waals surface area contributed by atoms with E-state index in [2.05, 4.69) is 5.32 Å². The van der Waals surface area contributed by atoms with E-state index in [1.165, 1.54) is 12.7 Å².